The Bertz CT molecular complexity index is 718. The third-order valence-corrected chi connectivity index (χ3v) is 4.79. The summed E-state index contributed by atoms with van der Waals surface area (Å²) in [7, 11) is 0. The zero-order valence-corrected chi connectivity index (χ0v) is 17.1. The van der Waals surface area contributed by atoms with Gasteiger partial charge in [-0.15, -0.1) is 35.0 Å². The Kier molecular flexibility index (Phi) is 7.87. The number of hydrogen-bond donors (Lipinski definition) is 2. The van der Waals surface area contributed by atoms with E-state index in [4.69, 9.17) is 5.73 Å². The SMILES string of the molecule is CC(N)(C(=O)NCc1nnc2n1CCCC2)c1ccc(Br)cc1.Cl.Cl. The second-order valence-corrected chi connectivity index (χ2v) is 6.95. The first kappa shape index (κ1) is 21.9. The summed E-state index contributed by atoms with van der Waals surface area (Å²) < 4.78 is 3.05. The Hall–Kier alpha value is -1.15. The maximum atomic E-state index is 12.5. The van der Waals surface area contributed by atoms with Crippen molar-refractivity contribution in [3.63, 3.8) is 0 Å². The maximum absolute atomic E-state index is 12.5. The fourth-order valence-corrected chi connectivity index (χ4v) is 3.03. The maximum Gasteiger partial charge on any atom is 0.244 e. The third-order valence-electron chi connectivity index (χ3n) is 4.26. The molecule has 0 saturated heterocycles. The number of rotatable bonds is 4. The van der Waals surface area contributed by atoms with E-state index in [0.717, 1.165) is 47.5 Å². The van der Waals surface area contributed by atoms with Crippen LogP contribution in [0, 0.1) is 0 Å². The number of amides is 1. The van der Waals surface area contributed by atoms with Gasteiger partial charge in [-0.05, 0) is 37.5 Å². The molecule has 1 unspecified atom stereocenters. The van der Waals surface area contributed by atoms with Gasteiger partial charge in [-0.25, -0.2) is 0 Å². The van der Waals surface area contributed by atoms with E-state index in [1.54, 1.807) is 6.92 Å². The van der Waals surface area contributed by atoms with Crippen molar-refractivity contribution >= 4 is 46.7 Å². The van der Waals surface area contributed by atoms with Crippen molar-refractivity contribution in [3.05, 3.63) is 46.0 Å². The molecule has 9 heteroatoms. The van der Waals surface area contributed by atoms with Gasteiger partial charge in [0.2, 0.25) is 5.91 Å². The zero-order chi connectivity index (χ0) is 16.4. The van der Waals surface area contributed by atoms with E-state index < -0.39 is 5.54 Å². The molecule has 0 aliphatic carbocycles. The third kappa shape index (κ3) is 4.73. The summed E-state index contributed by atoms with van der Waals surface area (Å²) in [6.45, 7) is 2.97. The van der Waals surface area contributed by atoms with Gasteiger partial charge >= 0.3 is 0 Å². The van der Waals surface area contributed by atoms with Crippen molar-refractivity contribution in [3.8, 4) is 0 Å². The van der Waals surface area contributed by atoms with Gasteiger partial charge in [-0.3, -0.25) is 4.79 Å². The first-order chi connectivity index (χ1) is 11.0. The molecular weight excluding hydrogens is 429 g/mol. The largest absolute Gasteiger partial charge is 0.347 e. The van der Waals surface area contributed by atoms with Gasteiger partial charge in [0.25, 0.3) is 0 Å². The summed E-state index contributed by atoms with van der Waals surface area (Å²) in [5, 5.41) is 11.3. The molecule has 2 aromatic rings. The summed E-state index contributed by atoms with van der Waals surface area (Å²) in [4.78, 5) is 12.5. The zero-order valence-electron chi connectivity index (χ0n) is 13.9. The molecular formula is C16H22BrCl2N5O. The van der Waals surface area contributed by atoms with Gasteiger partial charge in [0.05, 0.1) is 6.54 Å². The van der Waals surface area contributed by atoms with Crippen LogP contribution in [0.3, 0.4) is 0 Å². The van der Waals surface area contributed by atoms with Crippen LogP contribution in [0.2, 0.25) is 0 Å². The Morgan fingerprint density at radius 2 is 1.96 bits per heavy atom. The predicted molar refractivity (Wildman–Crippen MR) is 105 cm³/mol. The van der Waals surface area contributed by atoms with E-state index in [-0.39, 0.29) is 30.7 Å². The van der Waals surface area contributed by atoms with E-state index in [1.807, 2.05) is 24.3 Å². The summed E-state index contributed by atoms with van der Waals surface area (Å²) in [5.74, 6) is 1.57. The smallest absolute Gasteiger partial charge is 0.244 e. The number of hydrogen-bond acceptors (Lipinski definition) is 4. The van der Waals surface area contributed by atoms with Crippen LogP contribution in [0.4, 0.5) is 0 Å². The Balaban J connectivity index is 0.00000156. The monoisotopic (exact) mass is 449 g/mol. The Morgan fingerprint density at radius 1 is 1.28 bits per heavy atom. The lowest BCUT2D eigenvalue weighted by molar-refractivity contribution is -0.126. The molecule has 6 nitrogen and oxygen atoms in total. The fraction of sp³-hybridized carbons (Fsp3) is 0.438. The lowest BCUT2D eigenvalue weighted by Crippen LogP contribution is -2.49. The molecule has 1 atom stereocenters. The molecule has 0 fully saturated rings. The number of fused-ring (bicyclic) bond motifs is 1. The summed E-state index contributed by atoms with van der Waals surface area (Å²) >= 11 is 3.38. The van der Waals surface area contributed by atoms with Crippen molar-refractivity contribution in [2.45, 2.75) is 44.8 Å². The van der Waals surface area contributed by atoms with Crippen LogP contribution in [-0.2, 0) is 29.8 Å². The van der Waals surface area contributed by atoms with Crippen molar-refractivity contribution in [2.24, 2.45) is 5.73 Å². The molecule has 0 saturated carbocycles. The molecule has 1 aliphatic heterocycles. The molecule has 1 aromatic heterocycles. The van der Waals surface area contributed by atoms with Crippen molar-refractivity contribution < 1.29 is 4.79 Å². The van der Waals surface area contributed by atoms with Crippen molar-refractivity contribution in [2.75, 3.05) is 0 Å². The van der Waals surface area contributed by atoms with E-state index in [0.29, 0.717) is 6.54 Å². The number of nitrogens with two attached hydrogens (primary N) is 1. The molecule has 2 heterocycles. The Labute approximate surface area is 167 Å². The summed E-state index contributed by atoms with van der Waals surface area (Å²) in [6.07, 6.45) is 3.23. The van der Waals surface area contributed by atoms with Crippen molar-refractivity contribution in [1.29, 1.82) is 0 Å². The minimum absolute atomic E-state index is 0. The number of nitrogens with zero attached hydrogens (tertiary/aromatic N) is 3. The highest BCUT2D eigenvalue weighted by molar-refractivity contribution is 9.10. The van der Waals surface area contributed by atoms with E-state index in [1.165, 1.54) is 0 Å². The van der Waals surface area contributed by atoms with Crippen LogP contribution in [-0.4, -0.2) is 20.7 Å². The molecule has 1 aliphatic rings. The van der Waals surface area contributed by atoms with E-state index >= 15 is 0 Å². The number of benzene rings is 1. The molecule has 1 amide bonds. The number of nitrogens with one attached hydrogen (secondary N) is 1. The normalized spacial score (nSPS) is 15.2. The highest BCUT2D eigenvalue weighted by Crippen LogP contribution is 2.21. The van der Waals surface area contributed by atoms with Gasteiger partial charge in [-0.1, -0.05) is 28.1 Å². The molecule has 138 valence electrons. The van der Waals surface area contributed by atoms with Gasteiger partial charge in [0, 0.05) is 17.4 Å². The van der Waals surface area contributed by atoms with Crippen LogP contribution < -0.4 is 11.1 Å². The van der Waals surface area contributed by atoms with Crippen LogP contribution in [0.5, 0.6) is 0 Å². The number of carbonyl (C=O) groups excluding carboxylic acids is 1. The highest BCUT2D eigenvalue weighted by atomic mass is 79.9. The average molecular weight is 451 g/mol. The molecule has 25 heavy (non-hydrogen) atoms. The second kappa shape index (κ2) is 8.98. The molecule has 3 N–H and O–H groups in total. The van der Waals surface area contributed by atoms with Gasteiger partial charge < -0.3 is 15.6 Å². The number of aromatic nitrogens is 3. The minimum Gasteiger partial charge on any atom is -0.347 e. The molecule has 1 aromatic carbocycles. The van der Waals surface area contributed by atoms with Crippen LogP contribution in [0.25, 0.3) is 0 Å². The van der Waals surface area contributed by atoms with Gasteiger partial charge in [0.15, 0.2) is 5.82 Å². The molecule has 0 bridgehead atoms. The lowest BCUT2D eigenvalue weighted by Gasteiger charge is -2.24. The van der Waals surface area contributed by atoms with Crippen molar-refractivity contribution in [1.82, 2.24) is 20.1 Å². The van der Waals surface area contributed by atoms with Crippen LogP contribution >= 0.6 is 40.7 Å². The first-order valence-electron chi connectivity index (χ1n) is 7.72. The van der Waals surface area contributed by atoms with Crippen LogP contribution in [0.1, 0.15) is 37.0 Å². The number of halogens is 3. The van der Waals surface area contributed by atoms with Gasteiger partial charge in [0.1, 0.15) is 11.4 Å². The Morgan fingerprint density at radius 3 is 2.64 bits per heavy atom. The molecule has 0 spiro atoms. The van der Waals surface area contributed by atoms with E-state index in [9.17, 15) is 4.79 Å². The summed E-state index contributed by atoms with van der Waals surface area (Å²) in [6, 6.07) is 7.45. The van der Waals surface area contributed by atoms with Crippen LogP contribution in [0.15, 0.2) is 28.7 Å². The highest BCUT2D eigenvalue weighted by Gasteiger charge is 2.30. The topological polar surface area (TPSA) is 85.8 Å². The molecule has 0 radical (unpaired) electrons. The summed E-state index contributed by atoms with van der Waals surface area (Å²) in [5.41, 5.74) is 5.91. The molecule has 3 rings (SSSR count). The number of carbonyl (C=O) groups is 1. The first-order valence-corrected chi connectivity index (χ1v) is 8.52. The van der Waals surface area contributed by atoms with Gasteiger partial charge in [-0.2, -0.15) is 0 Å². The quantitative estimate of drug-likeness (QED) is 0.749. The second-order valence-electron chi connectivity index (χ2n) is 6.03. The van der Waals surface area contributed by atoms with E-state index in [2.05, 4.69) is 36.0 Å². The minimum atomic E-state index is -1.09. The number of aryl methyl sites for hydroxylation is 1. The average Bonchev–Trinajstić information content (AvgIpc) is 2.96. The lowest BCUT2D eigenvalue weighted by atomic mass is 9.92. The standard InChI is InChI=1S/C16H20BrN5O.2ClH/c1-16(18,11-5-7-12(17)8-6-11)15(23)19-10-14-21-20-13-4-2-3-9-22(13)14;;/h5-8H,2-4,9-10,18H2,1H3,(H,19,23);2*1H. The fourth-order valence-electron chi connectivity index (χ4n) is 2.77. The predicted octanol–water partition coefficient (Wildman–Crippen LogP) is 2.71.